The van der Waals surface area contributed by atoms with Crippen molar-refractivity contribution >= 4 is 5.91 Å². The molecule has 0 saturated heterocycles. The molecule has 1 aromatic carbocycles. The lowest BCUT2D eigenvalue weighted by Crippen LogP contribution is -2.47. The van der Waals surface area contributed by atoms with Crippen molar-refractivity contribution in [3.05, 3.63) is 23.8 Å². The van der Waals surface area contributed by atoms with Crippen molar-refractivity contribution in [1.82, 2.24) is 5.32 Å². The summed E-state index contributed by atoms with van der Waals surface area (Å²) in [6, 6.07) is 6.30. The molecule has 0 spiro atoms. The van der Waals surface area contributed by atoms with E-state index in [-0.39, 0.29) is 5.91 Å². The number of ether oxygens (including phenoxy) is 2. The topological polar surface area (TPSA) is 47.6 Å². The van der Waals surface area contributed by atoms with Gasteiger partial charge >= 0.3 is 0 Å². The molecule has 0 aromatic heterocycles. The van der Waals surface area contributed by atoms with Gasteiger partial charge in [-0.2, -0.15) is 0 Å². The first-order valence-electron chi connectivity index (χ1n) is 9.23. The second-order valence-electron chi connectivity index (χ2n) is 7.17. The van der Waals surface area contributed by atoms with Crippen LogP contribution < -0.4 is 14.8 Å². The van der Waals surface area contributed by atoms with E-state index in [4.69, 9.17) is 9.47 Å². The quantitative estimate of drug-likeness (QED) is 0.888. The monoisotopic (exact) mass is 331 g/mol. The summed E-state index contributed by atoms with van der Waals surface area (Å²) in [5.41, 5.74) is 0.655. The van der Waals surface area contributed by atoms with Crippen molar-refractivity contribution in [3.63, 3.8) is 0 Å². The summed E-state index contributed by atoms with van der Waals surface area (Å²) in [5.74, 6) is 1.62. The molecule has 0 unspecified atom stereocenters. The number of nitrogens with one attached hydrogen (secondary N) is 1. The van der Waals surface area contributed by atoms with Crippen molar-refractivity contribution in [3.8, 4) is 11.5 Å². The van der Waals surface area contributed by atoms with Crippen LogP contribution in [0.25, 0.3) is 0 Å². The van der Waals surface area contributed by atoms with Gasteiger partial charge in [-0.05, 0) is 43.4 Å². The highest BCUT2D eigenvalue weighted by Crippen LogP contribution is 2.44. The summed E-state index contributed by atoms with van der Waals surface area (Å²) < 4.78 is 10.8. The summed E-state index contributed by atoms with van der Waals surface area (Å²) in [5, 5.41) is 3.36. The van der Waals surface area contributed by atoms with Crippen LogP contribution in [0.5, 0.6) is 11.5 Å². The lowest BCUT2D eigenvalue weighted by molar-refractivity contribution is -0.127. The molecular formula is C20H29NO3. The van der Waals surface area contributed by atoms with Gasteiger partial charge in [0.25, 0.3) is 0 Å². The molecule has 132 valence electrons. The average molecular weight is 331 g/mol. The molecule has 1 amide bonds. The Hall–Kier alpha value is -1.71. The Morgan fingerprint density at radius 3 is 2.29 bits per heavy atom. The molecule has 2 aliphatic rings. The summed E-state index contributed by atoms with van der Waals surface area (Å²) in [6.45, 7) is 0. The van der Waals surface area contributed by atoms with E-state index in [0.717, 1.165) is 44.1 Å². The Bertz CT molecular complexity index is 572. The normalized spacial score (nSPS) is 20.6. The van der Waals surface area contributed by atoms with E-state index >= 15 is 0 Å². The van der Waals surface area contributed by atoms with Crippen LogP contribution in [0.3, 0.4) is 0 Å². The molecule has 2 aliphatic carbocycles. The highest BCUT2D eigenvalue weighted by molar-refractivity contribution is 5.89. The molecule has 4 heteroatoms. The first-order chi connectivity index (χ1) is 11.7. The number of hydrogen-bond acceptors (Lipinski definition) is 3. The fraction of sp³-hybridized carbons (Fsp3) is 0.650. The molecule has 0 bridgehead atoms. The van der Waals surface area contributed by atoms with Crippen LogP contribution in [0.4, 0.5) is 0 Å². The lowest BCUT2D eigenvalue weighted by Gasteiger charge is -2.32. The molecule has 4 nitrogen and oxygen atoms in total. The van der Waals surface area contributed by atoms with Crippen molar-refractivity contribution < 1.29 is 14.3 Å². The Balaban J connectivity index is 1.86. The molecular weight excluding hydrogens is 302 g/mol. The number of methoxy groups -OCH3 is 2. The molecule has 2 saturated carbocycles. The first-order valence-corrected chi connectivity index (χ1v) is 9.23. The SMILES string of the molecule is COc1ccc(C2(C(=O)NC3CCCCC3)CCCC2)cc1OC. The maximum Gasteiger partial charge on any atom is 0.230 e. The minimum atomic E-state index is -0.406. The smallest absolute Gasteiger partial charge is 0.230 e. The first kappa shape index (κ1) is 17.1. The summed E-state index contributed by atoms with van der Waals surface area (Å²) in [6.07, 6.45) is 10.0. The largest absolute Gasteiger partial charge is 0.493 e. The van der Waals surface area contributed by atoms with Gasteiger partial charge in [-0.1, -0.05) is 38.2 Å². The van der Waals surface area contributed by atoms with Gasteiger partial charge in [-0.15, -0.1) is 0 Å². The van der Waals surface area contributed by atoms with Gasteiger partial charge in [-0.25, -0.2) is 0 Å². The van der Waals surface area contributed by atoms with Crippen LogP contribution in [0.15, 0.2) is 18.2 Å². The zero-order valence-corrected chi connectivity index (χ0v) is 14.9. The van der Waals surface area contributed by atoms with Gasteiger partial charge in [0, 0.05) is 6.04 Å². The molecule has 0 atom stereocenters. The van der Waals surface area contributed by atoms with E-state index in [1.807, 2.05) is 18.2 Å². The van der Waals surface area contributed by atoms with E-state index in [0.29, 0.717) is 17.5 Å². The number of amides is 1. The van der Waals surface area contributed by atoms with Crippen molar-refractivity contribution in [1.29, 1.82) is 0 Å². The fourth-order valence-corrected chi connectivity index (χ4v) is 4.33. The molecule has 1 aromatic rings. The van der Waals surface area contributed by atoms with Crippen molar-refractivity contribution in [2.75, 3.05) is 14.2 Å². The molecule has 3 rings (SSSR count). The van der Waals surface area contributed by atoms with Crippen LogP contribution in [0.2, 0.25) is 0 Å². The second-order valence-corrected chi connectivity index (χ2v) is 7.17. The second kappa shape index (κ2) is 7.45. The zero-order chi connectivity index (χ0) is 17.0. The van der Waals surface area contributed by atoms with E-state index in [1.54, 1.807) is 14.2 Å². The third-order valence-electron chi connectivity index (χ3n) is 5.77. The van der Waals surface area contributed by atoms with Gasteiger partial charge < -0.3 is 14.8 Å². The van der Waals surface area contributed by atoms with E-state index in [1.165, 1.54) is 19.3 Å². The molecule has 2 fully saturated rings. The molecule has 0 heterocycles. The Morgan fingerprint density at radius 1 is 1.00 bits per heavy atom. The summed E-state index contributed by atoms with van der Waals surface area (Å²) in [7, 11) is 3.28. The van der Waals surface area contributed by atoms with Gasteiger partial charge in [0.05, 0.1) is 19.6 Å². The molecule has 1 N–H and O–H groups in total. The predicted molar refractivity (Wildman–Crippen MR) is 94.7 cm³/mol. The van der Waals surface area contributed by atoms with Crippen LogP contribution in [-0.4, -0.2) is 26.2 Å². The van der Waals surface area contributed by atoms with E-state index in [9.17, 15) is 4.79 Å². The fourth-order valence-electron chi connectivity index (χ4n) is 4.33. The van der Waals surface area contributed by atoms with E-state index in [2.05, 4.69) is 5.32 Å². The number of hydrogen-bond donors (Lipinski definition) is 1. The van der Waals surface area contributed by atoms with Gasteiger partial charge in [-0.3, -0.25) is 4.79 Å². The van der Waals surface area contributed by atoms with Crippen LogP contribution in [-0.2, 0) is 10.2 Å². The number of carbonyl (C=O) groups excluding carboxylic acids is 1. The predicted octanol–water partition coefficient (Wildman–Crippen LogP) is 3.96. The Labute approximate surface area is 144 Å². The zero-order valence-electron chi connectivity index (χ0n) is 14.9. The van der Waals surface area contributed by atoms with Crippen molar-refractivity contribution in [2.24, 2.45) is 0 Å². The standard InChI is InChI=1S/C20H29NO3/c1-23-17-11-10-15(14-18(17)24-2)20(12-6-7-13-20)19(22)21-16-8-4-3-5-9-16/h10-11,14,16H,3-9,12-13H2,1-2H3,(H,21,22). The molecule has 0 aliphatic heterocycles. The summed E-state index contributed by atoms with van der Waals surface area (Å²) >= 11 is 0. The van der Waals surface area contributed by atoms with Gasteiger partial charge in [0.1, 0.15) is 0 Å². The van der Waals surface area contributed by atoms with Crippen LogP contribution >= 0.6 is 0 Å². The molecule has 24 heavy (non-hydrogen) atoms. The number of benzene rings is 1. The van der Waals surface area contributed by atoms with Gasteiger partial charge in [0.2, 0.25) is 5.91 Å². The number of rotatable bonds is 5. The summed E-state index contributed by atoms with van der Waals surface area (Å²) in [4.78, 5) is 13.2. The Kier molecular flexibility index (Phi) is 5.32. The van der Waals surface area contributed by atoms with E-state index < -0.39 is 5.41 Å². The number of carbonyl (C=O) groups is 1. The van der Waals surface area contributed by atoms with Crippen molar-refractivity contribution in [2.45, 2.75) is 69.2 Å². The van der Waals surface area contributed by atoms with Crippen LogP contribution in [0, 0.1) is 0 Å². The lowest BCUT2D eigenvalue weighted by atomic mass is 9.77. The minimum absolute atomic E-state index is 0.208. The minimum Gasteiger partial charge on any atom is -0.493 e. The highest BCUT2D eigenvalue weighted by Gasteiger charge is 2.43. The molecule has 0 radical (unpaired) electrons. The average Bonchev–Trinajstić information content (AvgIpc) is 3.13. The van der Waals surface area contributed by atoms with Crippen LogP contribution in [0.1, 0.15) is 63.4 Å². The maximum absolute atomic E-state index is 13.2. The Morgan fingerprint density at radius 2 is 1.67 bits per heavy atom. The third kappa shape index (κ3) is 3.24. The highest BCUT2D eigenvalue weighted by atomic mass is 16.5. The van der Waals surface area contributed by atoms with Gasteiger partial charge in [0.15, 0.2) is 11.5 Å². The maximum atomic E-state index is 13.2. The third-order valence-corrected chi connectivity index (χ3v) is 5.77.